The number of hydrogen-bond donors (Lipinski definition) is 3. The quantitative estimate of drug-likeness (QED) is 0.156. The molecule has 0 bridgehead atoms. The fourth-order valence-electron chi connectivity index (χ4n) is 9.73. The van der Waals surface area contributed by atoms with Crippen LogP contribution in [0.1, 0.15) is 60.2 Å². The van der Waals surface area contributed by atoms with Gasteiger partial charge in [0.05, 0.1) is 22.1 Å². The summed E-state index contributed by atoms with van der Waals surface area (Å²) in [6, 6.07) is 14.4. The summed E-state index contributed by atoms with van der Waals surface area (Å²) < 4.78 is 6.24. The second-order valence-electron chi connectivity index (χ2n) is 17.3. The Morgan fingerprint density at radius 3 is 2.44 bits per heavy atom. The number of nitrogens with zero attached hydrogens (tertiary/aromatic N) is 7. The molecule has 2 atom stereocenters. The number of piperidine rings is 2. The fourth-order valence-corrected chi connectivity index (χ4v) is 10.4. The van der Waals surface area contributed by atoms with E-state index in [2.05, 4.69) is 30.7 Å². The normalized spacial score (nSPS) is 20.0. The fraction of sp³-hybridized carbons (Fsp3) is 0.378. The smallest absolute Gasteiger partial charge is 0.255 e. The van der Waals surface area contributed by atoms with Crippen molar-refractivity contribution in [3.8, 4) is 17.0 Å². The van der Waals surface area contributed by atoms with Crippen molar-refractivity contribution in [1.29, 1.82) is 0 Å². The molecule has 5 aromatic rings. The summed E-state index contributed by atoms with van der Waals surface area (Å²) in [5.41, 5.74) is 5.23. The maximum absolute atomic E-state index is 13.5. The molecule has 3 aromatic heterocycles. The summed E-state index contributed by atoms with van der Waals surface area (Å²) in [5, 5.41) is 15.0. The van der Waals surface area contributed by atoms with Crippen molar-refractivity contribution in [3.05, 3.63) is 93.9 Å². The van der Waals surface area contributed by atoms with Gasteiger partial charge in [-0.15, -0.1) is 0 Å². The van der Waals surface area contributed by atoms with Crippen molar-refractivity contribution >= 4 is 75.1 Å². The minimum absolute atomic E-state index is 0.0529. The van der Waals surface area contributed by atoms with Crippen LogP contribution in [0.5, 0.6) is 5.75 Å². The minimum atomic E-state index is -0.680. The number of nitrogens with one attached hydrogen (secondary N) is 3. The van der Waals surface area contributed by atoms with Crippen LogP contribution in [-0.2, 0) is 25.7 Å². The van der Waals surface area contributed by atoms with Crippen molar-refractivity contribution in [1.82, 2.24) is 40.2 Å². The maximum atomic E-state index is 13.5. The second-order valence-corrected chi connectivity index (χ2v) is 18.1. The minimum Gasteiger partial charge on any atom is -0.486 e. The second kappa shape index (κ2) is 16.1. The zero-order valence-corrected chi connectivity index (χ0v) is 35.9. The van der Waals surface area contributed by atoms with E-state index in [1.807, 2.05) is 54.4 Å². The van der Waals surface area contributed by atoms with Crippen LogP contribution >= 0.6 is 23.2 Å². The van der Waals surface area contributed by atoms with Gasteiger partial charge in [-0.25, -0.2) is 4.98 Å². The zero-order chi connectivity index (χ0) is 43.6. The van der Waals surface area contributed by atoms with Crippen LogP contribution in [-0.4, -0.2) is 116 Å². The van der Waals surface area contributed by atoms with Crippen LogP contribution < -0.4 is 20.3 Å². The molecule has 5 amide bonds. The summed E-state index contributed by atoms with van der Waals surface area (Å²) in [6.45, 7) is 6.38. The number of halogens is 2. The molecule has 324 valence electrons. The number of carbonyl (C=O) groups excluding carboxylic acids is 5. The number of likely N-dealkylation sites (tertiary alicyclic amines) is 2. The molecule has 1 unspecified atom stereocenters. The van der Waals surface area contributed by atoms with E-state index in [4.69, 9.17) is 32.9 Å². The van der Waals surface area contributed by atoms with Gasteiger partial charge in [0.2, 0.25) is 23.6 Å². The molecule has 5 aliphatic heterocycles. The molecule has 1 spiro atoms. The van der Waals surface area contributed by atoms with Crippen molar-refractivity contribution in [2.24, 2.45) is 11.3 Å². The molecule has 16 nitrogen and oxygen atoms in total. The molecular weight excluding hydrogens is 847 g/mol. The van der Waals surface area contributed by atoms with Gasteiger partial charge < -0.3 is 29.7 Å². The third kappa shape index (κ3) is 7.68. The maximum Gasteiger partial charge on any atom is 0.255 e. The molecule has 4 fully saturated rings. The molecule has 2 aromatic carbocycles. The highest BCUT2D eigenvalue weighted by molar-refractivity contribution is 6.35. The first-order chi connectivity index (χ1) is 30.4. The van der Waals surface area contributed by atoms with Gasteiger partial charge in [-0.2, -0.15) is 5.10 Å². The number of aromatic nitrogens is 4. The van der Waals surface area contributed by atoms with Crippen molar-refractivity contribution in [3.63, 3.8) is 0 Å². The summed E-state index contributed by atoms with van der Waals surface area (Å²) in [4.78, 5) is 80.0. The van der Waals surface area contributed by atoms with Crippen molar-refractivity contribution in [2.45, 2.75) is 51.3 Å². The number of carbonyl (C=O) groups is 5. The lowest BCUT2D eigenvalue weighted by molar-refractivity contribution is -0.152. The van der Waals surface area contributed by atoms with E-state index in [1.54, 1.807) is 29.4 Å². The molecule has 10 rings (SSSR count). The van der Waals surface area contributed by atoms with Crippen LogP contribution in [0.2, 0.25) is 10.0 Å². The highest BCUT2D eigenvalue weighted by atomic mass is 35.5. The Morgan fingerprint density at radius 2 is 1.71 bits per heavy atom. The first-order valence-electron chi connectivity index (χ1n) is 21.1. The molecular formula is C45H44Cl2N10O6. The highest BCUT2D eigenvalue weighted by Crippen LogP contribution is 2.43. The monoisotopic (exact) mass is 890 g/mol. The van der Waals surface area contributed by atoms with Crippen molar-refractivity contribution in [2.75, 3.05) is 56.0 Å². The van der Waals surface area contributed by atoms with E-state index >= 15 is 0 Å². The Kier molecular flexibility index (Phi) is 10.4. The molecule has 5 aliphatic rings. The number of rotatable bonds is 10. The SMILES string of the molecule is C[C@@H](Oc1ccc2[nH]nc(-c3ccc(N4CC5(CN(C(=O)C6CCN(C(=O)CNc7ccc8c(c7)CN(C7CCC(=O)NC7=O)C8=O)CC6)C5)C4)nc3)c2c1)c1c(Cl)cncc1Cl. The van der Waals surface area contributed by atoms with Crippen LogP contribution in [0.4, 0.5) is 11.5 Å². The number of aromatic amines is 1. The summed E-state index contributed by atoms with van der Waals surface area (Å²) in [7, 11) is 0. The van der Waals surface area contributed by atoms with Crippen LogP contribution in [0.15, 0.2) is 67.1 Å². The van der Waals surface area contributed by atoms with Gasteiger partial charge in [0, 0.05) is 110 Å². The lowest BCUT2D eigenvalue weighted by atomic mass is 9.72. The molecule has 0 aliphatic carbocycles. The molecule has 18 heteroatoms. The number of imide groups is 1. The first-order valence-corrected chi connectivity index (χ1v) is 21.9. The Hall–Kier alpha value is -6.26. The van der Waals surface area contributed by atoms with E-state index in [1.165, 1.54) is 4.90 Å². The predicted octanol–water partition coefficient (Wildman–Crippen LogP) is 5.23. The number of hydrogen-bond acceptors (Lipinski definition) is 11. The van der Waals surface area contributed by atoms with Gasteiger partial charge in [-0.05, 0) is 80.3 Å². The molecule has 8 heterocycles. The number of pyridine rings is 2. The van der Waals surface area contributed by atoms with Gasteiger partial charge in [-0.3, -0.25) is 39.4 Å². The van der Waals surface area contributed by atoms with Crippen LogP contribution in [0.25, 0.3) is 22.2 Å². The van der Waals surface area contributed by atoms with Gasteiger partial charge >= 0.3 is 0 Å². The molecule has 0 radical (unpaired) electrons. The largest absolute Gasteiger partial charge is 0.486 e. The lowest BCUT2D eigenvalue weighted by Crippen LogP contribution is -2.73. The lowest BCUT2D eigenvalue weighted by Gasteiger charge is -2.61. The number of fused-ring (bicyclic) bond motifs is 2. The third-order valence-electron chi connectivity index (χ3n) is 13.1. The predicted molar refractivity (Wildman–Crippen MR) is 234 cm³/mol. The van der Waals surface area contributed by atoms with Gasteiger partial charge in [0.15, 0.2) is 0 Å². The van der Waals surface area contributed by atoms with E-state index < -0.39 is 18.1 Å². The van der Waals surface area contributed by atoms with Gasteiger partial charge in [-0.1, -0.05) is 23.2 Å². The Morgan fingerprint density at radius 1 is 0.937 bits per heavy atom. The Labute approximate surface area is 372 Å². The summed E-state index contributed by atoms with van der Waals surface area (Å²) >= 11 is 12.7. The molecule has 0 saturated carbocycles. The van der Waals surface area contributed by atoms with Gasteiger partial charge in [0.25, 0.3) is 5.91 Å². The first kappa shape index (κ1) is 40.8. The Bertz CT molecular complexity index is 2650. The number of H-pyrrole nitrogens is 1. The zero-order valence-electron chi connectivity index (χ0n) is 34.4. The van der Waals surface area contributed by atoms with E-state index in [0.29, 0.717) is 65.0 Å². The van der Waals surface area contributed by atoms with E-state index in [9.17, 15) is 24.0 Å². The molecule has 3 N–H and O–H groups in total. The van der Waals surface area contributed by atoms with Crippen LogP contribution in [0, 0.1) is 11.3 Å². The topological polar surface area (TPSA) is 186 Å². The average molecular weight is 892 g/mol. The number of amides is 5. The van der Waals surface area contributed by atoms with Gasteiger partial charge in [0.1, 0.15) is 29.4 Å². The summed E-state index contributed by atoms with van der Waals surface area (Å²) in [5.74, 6) is 0.528. The highest BCUT2D eigenvalue weighted by Gasteiger charge is 2.54. The third-order valence-corrected chi connectivity index (χ3v) is 13.7. The van der Waals surface area contributed by atoms with E-state index in [0.717, 1.165) is 59.7 Å². The van der Waals surface area contributed by atoms with E-state index in [-0.39, 0.29) is 54.5 Å². The molecule has 4 saturated heterocycles. The molecule has 63 heavy (non-hydrogen) atoms. The Balaban J connectivity index is 0.670. The number of ether oxygens (including phenoxy) is 1. The van der Waals surface area contributed by atoms with Crippen molar-refractivity contribution < 1.29 is 28.7 Å². The number of benzene rings is 2. The summed E-state index contributed by atoms with van der Waals surface area (Å²) in [6.07, 6.45) is 6.28. The van der Waals surface area contributed by atoms with Crippen LogP contribution in [0.3, 0.4) is 0 Å². The number of anilines is 2. The standard InChI is InChI=1S/C45H44Cl2N10O6/c1-25(40-33(46)17-48-18-34(40)47)63-30-4-6-35-32(15-30)41(53-52-35)27-2-8-37(50-16-27)55-21-45(22-55)23-56(24-45)43(61)26-10-12-54(13-11-26)39(59)19-49-29-3-5-31-28(14-29)20-57(44(31)62)36-7-9-38(58)51-42(36)60/h2-6,8,14-18,25-26,36,49H,7,9-13,19-24H2,1H3,(H,52,53)(H,51,58,60)/t25-,36?/m1/s1. The average Bonchev–Trinajstić information content (AvgIpc) is 3.82.